The first kappa shape index (κ1) is 17.6. The van der Waals surface area contributed by atoms with Gasteiger partial charge in [0.05, 0.1) is 22.8 Å². The van der Waals surface area contributed by atoms with Crippen LogP contribution in [-0.4, -0.2) is 46.9 Å². The predicted molar refractivity (Wildman–Crippen MR) is 98.2 cm³/mol. The molecule has 1 amide bonds. The number of carbonyl (C=O) groups excluding carboxylic acids is 1. The van der Waals surface area contributed by atoms with Crippen molar-refractivity contribution < 1.29 is 4.79 Å². The number of amides is 1. The van der Waals surface area contributed by atoms with Crippen LogP contribution in [0.3, 0.4) is 0 Å². The van der Waals surface area contributed by atoms with Gasteiger partial charge >= 0.3 is 0 Å². The minimum absolute atomic E-state index is 0.227. The lowest BCUT2D eigenvalue weighted by Crippen LogP contribution is -2.48. The van der Waals surface area contributed by atoms with Crippen LogP contribution in [-0.2, 0) is 17.8 Å². The smallest absolute Gasteiger partial charge is 0.223 e. The van der Waals surface area contributed by atoms with Crippen LogP contribution in [0.5, 0.6) is 0 Å². The number of nitriles is 1. The maximum Gasteiger partial charge on any atom is 0.223 e. The third-order valence-corrected chi connectivity index (χ3v) is 5.66. The number of hydrogen-bond acceptors (Lipinski definition) is 5. The van der Waals surface area contributed by atoms with Gasteiger partial charge in [0.2, 0.25) is 5.91 Å². The number of aromatic nitrogens is 1. The number of rotatable bonds is 5. The van der Waals surface area contributed by atoms with E-state index in [1.807, 2.05) is 41.6 Å². The van der Waals surface area contributed by atoms with Crippen LogP contribution in [0.1, 0.15) is 28.1 Å². The monoisotopic (exact) mass is 354 g/mol. The van der Waals surface area contributed by atoms with Crippen LogP contribution in [0.25, 0.3) is 0 Å². The van der Waals surface area contributed by atoms with E-state index in [9.17, 15) is 10.1 Å². The maximum atomic E-state index is 12.4. The summed E-state index contributed by atoms with van der Waals surface area (Å²) < 4.78 is 0. The zero-order valence-electron chi connectivity index (χ0n) is 14.4. The Morgan fingerprint density at radius 3 is 2.72 bits per heavy atom. The standard InChI is InChI=1S/C19H22N4OS/c1-15-18(25-14-21-15)6-7-19(24)23-10-8-22(9-11-23)13-17-5-3-2-4-16(17)12-20/h2-5,14H,6-11,13H2,1H3. The van der Waals surface area contributed by atoms with Crippen LogP contribution < -0.4 is 0 Å². The average Bonchev–Trinajstić information content (AvgIpc) is 3.06. The zero-order chi connectivity index (χ0) is 17.6. The Labute approximate surface area is 152 Å². The SMILES string of the molecule is Cc1ncsc1CCC(=O)N1CCN(Cc2ccccc2C#N)CC1. The molecule has 0 N–H and O–H groups in total. The molecule has 1 aliphatic rings. The summed E-state index contributed by atoms with van der Waals surface area (Å²) in [6.07, 6.45) is 1.34. The number of nitrogens with zero attached hydrogens (tertiary/aromatic N) is 4. The Balaban J connectivity index is 1.47. The summed E-state index contributed by atoms with van der Waals surface area (Å²) in [6, 6.07) is 9.98. The number of carbonyl (C=O) groups is 1. The molecule has 6 heteroatoms. The van der Waals surface area contributed by atoms with Crippen molar-refractivity contribution in [3.05, 3.63) is 51.5 Å². The van der Waals surface area contributed by atoms with Gasteiger partial charge in [-0.1, -0.05) is 18.2 Å². The van der Waals surface area contributed by atoms with E-state index in [0.717, 1.165) is 56.0 Å². The first-order valence-corrected chi connectivity index (χ1v) is 9.42. The number of benzene rings is 1. The number of thiazole rings is 1. The molecule has 5 nitrogen and oxygen atoms in total. The van der Waals surface area contributed by atoms with Gasteiger partial charge in [-0.05, 0) is 25.0 Å². The molecule has 0 spiro atoms. The largest absolute Gasteiger partial charge is 0.340 e. The highest BCUT2D eigenvalue weighted by atomic mass is 32.1. The topological polar surface area (TPSA) is 60.2 Å². The maximum absolute atomic E-state index is 12.4. The molecule has 2 aromatic rings. The average molecular weight is 354 g/mol. The summed E-state index contributed by atoms with van der Waals surface area (Å²) in [7, 11) is 0. The van der Waals surface area contributed by atoms with Gasteiger partial charge in [-0.25, -0.2) is 4.98 Å². The molecule has 1 fully saturated rings. The van der Waals surface area contributed by atoms with E-state index in [-0.39, 0.29) is 5.91 Å². The van der Waals surface area contributed by atoms with E-state index in [1.54, 1.807) is 11.3 Å². The van der Waals surface area contributed by atoms with E-state index in [0.29, 0.717) is 6.42 Å². The molecule has 0 radical (unpaired) electrons. The zero-order valence-corrected chi connectivity index (χ0v) is 15.3. The van der Waals surface area contributed by atoms with Crippen molar-refractivity contribution in [3.8, 4) is 6.07 Å². The fraction of sp³-hybridized carbons (Fsp3) is 0.421. The number of hydrogen-bond donors (Lipinski definition) is 0. The van der Waals surface area contributed by atoms with Crippen molar-refractivity contribution in [1.29, 1.82) is 5.26 Å². The summed E-state index contributed by atoms with van der Waals surface area (Å²) >= 11 is 1.63. The summed E-state index contributed by atoms with van der Waals surface area (Å²) in [5.41, 5.74) is 4.68. The van der Waals surface area contributed by atoms with Gasteiger partial charge < -0.3 is 4.90 Å². The van der Waals surface area contributed by atoms with E-state index in [2.05, 4.69) is 16.0 Å². The van der Waals surface area contributed by atoms with E-state index < -0.39 is 0 Å². The molecular formula is C19H22N4OS. The van der Waals surface area contributed by atoms with Crippen LogP contribution in [0.15, 0.2) is 29.8 Å². The summed E-state index contributed by atoms with van der Waals surface area (Å²) in [6.45, 7) is 5.99. The second kappa shape index (κ2) is 8.24. The van der Waals surface area contributed by atoms with E-state index in [4.69, 9.17) is 0 Å². The van der Waals surface area contributed by atoms with Gasteiger partial charge in [0.1, 0.15) is 0 Å². The third kappa shape index (κ3) is 4.44. The molecular weight excluding hydrogens is 332 g/mol. The molecule has 0 bridgehead atoms. The van der Waals surface area contributed by atoms with Crippen molar-refractivity contribution in [2.24, 2.45) is 0 Å². The van der Waals surface area contributed by atoms with Crippen molar-refractivity contribution in [3.63, 3.8) is 0 Å². The second-order valence-electron chi connectivity index (χ2n) is 6.29. The lowest BCUT2D eigenvalue weighted by atomic mass is 10.1. The summed E-state index contributed by atoms with van der Waals surface area (Å²) in [4.78, 5) is 22.1. The van der Waals surface area contributed by atoms with Gasteiger partial charge in [0.25, 0.3) is 0 Å². The molecule has 0 unspecified atom stereocenters. The second-order valence-corrected chi connectivity index (χ2v) is 7.23. The van der Waals surface area contributed by atoms with Crippen LogP contribution in [0.2, 0.25) is 0 Å². The molecule has 25 heavy (non-hydrogen) atoms. The minimum atomic E-state index is 0.227. The minimum Gasteiger partial charge on any atom is -0.340 e. The molecule has 2 heterocycles. The molecule has 1 aromatic carbocycles. The number of piperazine rings is 1. The number of aryl methyl sites for hydroxylation is 2. The van der Waals surface area contributed by atoms with Gasteiger partial charge in [-0.15, -0.1) is 11.3 Å². The summed E-state index contributed by atoms with van der Waals surface area (Å²) in [5, 5.41) is 9.19. The molecule has 0 atom stereocenters. The van der Waals surface area contributed by atoms with Crippen molar-refractivity contribution in [1.82, 2.24) is 14.8 Å². The fourth-order valence-electron chi connectivity index (χ4n) is 3.11. The Morgan fingerprint density at radius 2 is 2.04 bits per heavy atom. The third-order valence-electron chi connectivity index (χ3n) is 4.67. The Hall–Kier alpha value is -2.23. The van der Waals surface area contributed by atoms with Crippen molar-refractivity contribution in [2.75, 3.05) is 26.2 Å². The highest BCUT2D eigenvalue weighted by Crippen LogP contribution is 2.16. The van der Waals surface area contributed by atoms with Crippen molar-refractivity contribution >= 4 is 17.2 Å². The van der Waals surface area contributed by atoms with Crippen molar-refractivity contribution in [2.45, 2.75) is 26.3 Å². The molecule has 0 saturated carbocycles. The first-order chi connectivity index (χ1) is 12.2. The molecule has 3 rings (SSSR count). The van der Waals surface area contributed by atoms with Gasteiger partial charge in [0.15, 0.2) is 0 Å². The molecule has 1 saturated heterocycles. The summed E-state index contributed by atoms with van der Waals surface area (Å²) in [5.74, 6) is 0.227. The van der Waals surface area contributed by atoms with Gasteiger partial charge in [0, 0.05) is 44.0 Å². The fourth-order valence-corrected chi connectivity index (χ4v) is 3.89. The first-order valence-electron chi connectivity index (χ1n) is 8.54. The normalized spacial score (nSPS) is 15.1. The Kier molecular flexibility index (Phi) is 5.79. The Bertz CT molecular complexity index is 772. The van der Waals surface area contributed by atoms with E-state index in [1.165, 1.54) is 4.88 Å². The highest BCUT2D eigenvalue weighted by molar-refractivity contribution is 7.09. The van der Waals surface area contributed by atoms with Crippen LogP contribution in [0, 0.1) is 18.3 Å². The predicted octanol–water partition coefficient (Wildman–Crippen LogP) is 2.60. The van der Waals surface area contributed by atoms with Gasteiger partial charge in [-0.3, -0.25) is 9.69 Å². The van der Waals surface area contributed by atoms with Crippen LogP contribution in [0.4, 0.5) is 0 Å². The molecule has 130 valence electrons. The van der Waals surface area contributed by atoms with Gasteiger partial charge in [-0.2, -0.15) is 5.26 Å². The lowest BCUT2D eigenvalue weighted by molar-refractivity contribution is -0.132. The van der Waals surface area contributed by atoms with E-state index >= 15 is 0 Å². The Morgan fingerprint density at radius 1 is 1.28 bits per heavy atom. The lowest BCUT2D eigenvalue weighted by Gasteiger charge is -2.35. The molecule has 1 aliphatic heterocycles. The molecule has 1 aromatic heterocycles. The highest BCUT2D eigenvalue weighted by Gasteiger charge is 2.21. The van der Waals surface area contributed by atoms with Crippen LogP contribution >= 0.6 is 11.3 Å². The quantitative estimate of drug-likeness (QED) is 0.828. The molecule has 0 aliphatic carbocycles.